The van der Waals surface area contributed by atoms with Crippen LogP contribution in [0.5, 0.6) is 0 Å². The minimum absolute atomic E-state index is 0. The fourth-order valence-electron chi connectivity index (χ4n) is 5.46. The molecule has 0 atom stereocenters. The van der Waals surface area contributed by atoms with Crippen LogP contribution in [0.3, 0.4) is 0 Å². The summed E-state index contributed by atoms with van der Waals surface area (Å²) in [5.41, 5.74) is 0.372. The molecule has 0 aliphatic heterocycles. The molecule has 0 unspecified atom stereocenters. The largest absolute Gasteiger partial charge is 0.344 e. The minimum atomic E-state index is 0. The van der Waals surface area contributed by atoms with Crippen LogP contribution in [0.25, 0.3) is 0 Å². The topological polar surface area (TPSA) is 35.0 Å². The van der Waals surface area contributed by atoms with E-state index in [1.54, 1.807) is 0 Å². The highest BCUT2D eigenvalue weighted by atomic mass is 15.4. The Labute approximate surface area is 270 Å². The Morgan fingerprint density at radius 1 is 0.333 bits per heavy atom. The Morgan fingerprint density at radius 2 is 0.548 bits per heavy atom. The van der Waals surface area contributed by atoms with E-state index in [0.29, 0.717) is 5.54 Å². The van der Waals surface area contributed by atoms with Crippen molar-refractivity contribution in [1.82, 2.24) is 6.15 Å². The summed E-state index contributed by atoms with van der Waals surface area (Å²) in [5, 5.41) is 0. The summed E-state index contributed by atoms with van der Waals surface area (Å²) in [4.78, 5) is 0. The van der Waals surface area contributed by atoms with E-state index in [1.807, 2.05) is 0 Å². The highest BCUT2D eigenvalue weighted by Gasteiger charge is 2.30. The maximum absolute atomic E-state index is 2.38. The maximum atomic E-state index is 2.38. The Morgan fingerprint density at radius 3 is 0.762 bits per heavy atom. The van der Waals surface area contributed by atoms with E-state index < -0.39 is 0 Å². The van der Waals surface area contributed by atoms with Crippen LogP contribution in [0, 0.1) is 0 Å². The van der Waals surface area contributed by atoms with E-state index >= 15 is 0 Å². The first-order valence-electron chi connectivity index (χ1n) is 19.0. The summed E-state index contributed by atoms with van der Waals surface area (Å²) in [5.74, 6) is 0. The lowest BCUT2D eigenvalue weighted by molar-refractivity contribution is -0.935. The fraction of sp³-hybridized carbons (Fsp3) is 1.00. The quantitative estimate of drug-likeness (QED) is 0.0704. The molecule has 42 heavy (non-hydrogen) atoms. The highest BCUT2D eigenvalue weighted by Crippen LogP contribution is 2.21. The molecule has 0 aromatic rings. The first-order valence-corrected chi connectivity index (χ1v) is 19.0. The molecule has 0 radical (unpaired) electrons. The van der Waals surface area contributed by atoms with Crippen molar-refractivity contribution in [3.05, 3.63) is 0 Å². The van der Waals surface area contributed by atoms with Crippen molar-refractivity contribution in [2.75, 3.05) is 48.3 Å². The second-order valence-corrected chi connectivity index (χ2v) is 16.1. The van der Waals surface area contributed by atoms with Gasteiger partial charge in [-0.15, -0.1) is 0 Å². The molecule has 0 aromatic carbocycles. The average Bonchev–Trinajstić information content (AvgIpc) is 2.88. The van der Waals surface area contributed by atoms with Gasteiger partial charge in [0.2, 0.25) is 0 Å². The van der Waals surface area contributed by atoms with Crippen LogP contribution < -0.4 is 6.15 Å². The molecular weight excluding hydrogens is 510 g/mol. The Bertz CT molecular complexity index is 501. The van der Waals surface area contributed by atoms with E-state index in [2.05, 4.69) is 69.9 Å². The van der Waals surface area contributed by atoms with Gasteiger partial charge in [0.1, 0.15) is 0 Å². The van der Waals surface area contributed by atoms with E-state index in [4.69, 9.17) is 0 Å². The predicted octanol–water partition coefficient (Wildman–Crippen LogP) is 12.9. The Hall–Kier alpha value is -0.120. The van der Waals surface area contributed by atoms with Crippen molar-refractivity contribution in [1.29, 1.82) is 0 Å². The summed E-state index contributed by atoms with van der Waals surface area (Å²) in [6.45, 7) is 14.3. The second kappa shape index (κ2) is 30.9. The van der Waals surface area contributed by atoms with Crippen molar-refractivity contribution in [2.45, 2.75) is 207 Å². The molecule has 0 aliphatic rings. The fourth-order valence-corrected chi connectivity index (χ4v) is 5.46. The third-order valence-corrected chi connectivity index (χ3v) is 9.57. The lowest BCUT2D eigenvalue weighted by Gasteiger charge is -2.42. The van der Waals surface area contributed by atoms with Crippen LogP contribution in [0.1, 0.15) is 202 Å². The van der Waals surface area contributed by atoms with E-state index in [-0.39, 0.29) is 6.15 Å². The summed E-state index contributed by atoms with van der Waals surface area (Å²) in [6.07, 6.45) is 37.7. The van der Waals surface area contributed by atoms with E-state index in [1.165, 1.54) is 180 Å². The molecule has 3 N–H and O–H groups in total. The average molecular weight is 600 g/mol. The number of hydrogen-bond acceptors (Lipinski definition) is 1. The van der Waals surface area contributed by atoms with Crippen molar-refractivity contribution >= 4 is 0 Å². The summed E-state index contributed by atoms with van der Waals surface area (Å²) < 4.78 is 2.27. The van der Waals surface area contributed by atoms with Gasteiger partial charge in [0.25, 0.3) is 0 Å². The van der Waals surface area contributed by atoms with Crippen molar-refractivity contribution in [3.63, 3.8) is 0 Å². The number of unbranched alkanes of at least 4 members (excludes halogenated alkanes) is 24. The zero-order chi connectivity index (χ0) is 31.3. The number of hydrogen-bond donors (Lipinski definition) is 1. The maximum Gasteiger partial charge on any atom is 0.0903 e. The van der Waals surface area contributed by atoms with Gasteiger partial charge in [0.15, 0.2) is 0 Å². The molecule has 0 aromatic heterocycles. The van der Waals surface area contributed by atoms with Crippen molar-refractivity contribution in [2.24, 2.45) is 0 Å². The number of quaternary nitrogens is 2. The van der Waals surface area contributed by atoms with Gasteiger partial charge in [0, 0.05) is 0 Å². The second-order valence-electron chi connectivity index (χ2n) is 16.1. The molecule has 3 heteroatoms. The number of nitrogens with zero attached hydrogens (tertiary/aromatic N) is 2. The molecule has 0 bridgehead atoms. The first-order chi connectivity index (χ1) is 19.4. The summed E-state index contributed by atoms with van der Waals surface area (Å²) in [6, 6.07) is 0. The summed E-state index contributed by atoms with van der Waals surface area (Å²) >= 11 is 0. The lowest BCUT2D eigenvalue weighted by Crippen LogP contribution is -2.54. The molecule has 0 rings (SSSR count). The van der Waals surface area contributed by atoms with Gasteiger partial charge in [-0.05, 0) is 46.5 Å². The van der Waals surface area contributed by atoms with Crippen LogP contribution in [0.15, 0.2) is 0 Å². The third kappa shape index (κ3) is 36.1. The monoisotopic (exact) mass is 600 g/mol. The van der Waals surface area contributed by atoms with E-state index in [0.717, 1.165) is 8.97 Å². The molecule has 0 fully saturated rings. The van der Waals surface area contributed by atoms with Crippen molar-refractivity contribution < 1.29 is 8.97 Å². The van der Waals surface area contributed by atoms with Crippen LogP contribution in [0.4, 0.5) is 0 Å². The molecule has 0 saturated carbocycles. The molecule has 0 saturated heterocycles. The van der Waals surface area contributed by atoms with Gasteiger partial charge < -0.3 is 15.1 Å². The first kappa shape index (κ1) is 46.3. The molecular formula is C39H89N3+2. The molecule has 0 amide bonds. The van der Waals surface area contributed by atoms with Gasteiger partial charge in [-0.3, -0.25) is 0 Å². The van der Waals surface area contributed by atoms with Crippen molar-refractivity contribution in [3.8, 4) is 0 Å². The van der Waals surface area contributed by atoms with E-state index in [9.17, 15) is 0 Å². The van der Waals surface area contributed by atoms with Crippen LogP contribution in [-0.4, -0.2) is 62.8 Å². The number of rotatable bonds is 28. The molecule has 3 nitrogen and oxygen atoms in total. The zero-order valence-corrected chi connectivity index (χ0v) is 31.9. The third-order valence-electron chi connectivity index (χ3n) is 9.57. The van der Waals surface area contributed by atoms with Gasteiger partial charge in [-0.1, -0.05) is 155 Å². The smallest absolute Gasteiger partial charge is 0.0903 e. The predicted molar refractivity (Wildman–Crippen MR) is 196 cm³/mol. The molecule has 0 aliphatic carbocycles. The standard InChI is InChI=1S/C22H48N.C17H38N.H3N/c1-7-8-9-10-11-12-13-14-15-16-17-18-19-20-21-23(5,6)22(2,3)4;1-5-6-7-8-9-10-11-12-13-14-15-16-17-18(2,3)4;/h7-21H2,1-6H3;5-17H2,1-4H3;1H3/q2*+1;. The zero-order valence-electron chi connectivity index (χ0n) is 31.9. The summed E-state index contributed by atoms with van der Waals surface area (Å²) in [7, 11) is 11.6. The SMILES string of the molecule is CCCCCCCCCCCCCCCC[N+](C)(C)C(C)(C)C.CCCCCCCCCCCCCC[N+](C)(C)C.N. The molecule has 0 spiro atoms. The van der Waals surface area contributed by atoms with Crippen LogP contribution in [-0.2, 0) is 0 Å². The van der Waals surface area contributed by atoms with Gasteiger partial charge in [0.05, 0.1) is 53.9 Å². The Kier molecular flexibility index (Phi) is 34.0. The lowest BCUT2D eigenvalue weighted by atomic mass is 10.0. The van der Waals surface area contributed by atoms with Gasteiger partial charge >= 0.3 is 0 Å². The molecule has 258 valence electrons. The van der Waals surface area contributed by atoms with Gasteiger partial charge in [-0.25, -0.2) is 0 Å². The Balaban J connectivity index is -0.000000728. The molecule has 0 heterocycles. The minimum Gasteiger partial charge on any atom is -0.344 e. The van der Waals surface area contributed by atoms with Gasteiger partial charge in [-0.2, -0.15) is 0 Å². The highest BCUT2D eigenvalue weighted by molar-refractivity contribution is 4.60. The van der Waals surface area contributed by atoms with Crippen LogP contribution in [0.2, 0.25) is 0 Å². The van der Waals surface area contributed by atoms with Crippen LogP contribution >= 0.6 is 0 Å². The normalized spacial score (nSPS) is 12.1.